The highest BCUT2D eigenvalue weighted by Gasteiger charge is 2.12. The van der Waals surface area contributed by atoms with Crippen LogP contribution in [0.3, 0.4) is 0 Å². The number of carbonyl (C=O) groups is 1. The van der Waals surface area contributed by atoms with Crippen LogP contribution in [0.25, 0.3) is 0 Å². The third kappa shape index (κ3) is 3.35. The molecule has 1 atom stereocenters. The lowest BCUT2D eigenvalue weighted by molar-refractivity contribution is 0.0940. The van der Waals surface area contributed by atoms with Gasteiger partial charge in [-0.3, -0.25) is 4.79 Å². The first-order chi connectivity index (χ1) is 8.66. The summed E-state index contributed by atoms with van der Waals surface area (Å²) in [7, 11) is 0. The third-order valence-electron chi connectivity index (χ3n) is 2.37. The number of furan rings is 1. The fourth-order valence-corrected chi connectivity index (χ4v) is 2.43. The van der Waals surface area contributed by atoms with Crippen LogP contribution in [0.15, 0.2) is 34.9 Å². The lowest BCUT2D eigenvalue weighted by Crippen LogP contribution is -2.24. The normalized spacial score (nSPS) is 12.3. The van der Waals surface area contributed by atoms with Gasteiger partial charge in [-0.05, 0) is 30.7 Å². The van der Waals surface area contributed by atoms with Gasteiger partial charge in [0.25, 0.3) is 5.91 Å². The topological polar surface area (TPSA) is 62.5 Å². The first-order valence-electron chi connectivity index (χ1n) is 5.42. The van der Waals surface area contributed by atoms with E-state index < -0.39 is 6.10 Å². The molecule has 2 heterocycles. The molecule has 0 fully saturated rings. The Balaban J connectivity index is 1.77. The van der Waals surface area contributed by atoms with Crippen molar-refractivity contribution in [3.63, 3.8) is 0 Å². The summed E-state index contributed by atoms with van der Waals surface area (Å²) in [5.74, 6) is 0.321. The summed E-state index contributed by atoms with van der Waals surface area (Å²) in [6.07, 6.45) is 1.20. The van der Waals surface area contributed by atoms with Crippen LogP contribution in [0.2, 0.25) is 4.34 Å². The summed E-state index contributed by atoms with van der Waals surface area (Å²) in [6.45, 7) is 0.371. The van der Waals surface area contributed by atoms with Crippen molar-refractivity contribution < 1.29 is 14.3 Å². The van der Waals surface area contributed by atoms with Crippen LogP contribution in [0.5, 0.6) is 0 Å². The number of nitrogens with one attached hydrogen (secondary N) is 1. The van der Waals surface area contributed by atoms with Crippen LogP contribution in [0, 0.1) is 0 Å². The number of carbonyl (C=O) groups excluding carboxylic acids is 1. The number of halogens is 1. The molecule has 0 spiro atoms. The van der Waals surface area contributed by atoms with Crippen molar-refractivity contribution in [2.24, 2.45) is 0 Å². The van der Waals surface area contributed by atoms with E-state index in [9.17, 15) is 9.90 Å². The molecule has 4 nitrogen and oxygen atoms in total. The second-order valence-corrected chi connectivity index (χ2v) is 5.39. The van der Waals surface area contributed by atoms with E-state index in [2.05, 4.69) is 5.32 Å². The highest BCUT2D eigenvalue weighted by molar-refractivity contribution is 7.17. The minimum atomic E-state index is -0.702. The highest BCUT2D eigenvalue weighted by atomic mass is 35.5. The van der Waals surface area contributed by atoms with Crippen LogP contribution in [0.1, 0.15) is 28.0 Å². The number of aliphatic hydroxyl groups excluding tert-OH is 1. The van der Waals surface area contributed by atoms with Crippen LogP contribution in [-0.2, 0) is 0 Å². The molecule has 2 aromatic heterocycles. The van der Waals surface area contributed by atoms with Crippen molar-refractivity contribution in [2.45, 2.75) is 12.5 Å². The lowest BCUT2D eigenvalue weighted by Gasteiger charge is -2.08. The number of hydrogen-bond acceptors (Lipinski definition) is 4. The number of thiophene rings is 1. The van der Waals surface area contributed by atoms with E-state index in [0.29, 0.717) is 27.9 Å². The molecule has 2 N–H and O–H groups in total. The first-order valence-corrected chi connectivity index (χ1v) is 6.61. The van der Waals surface area contributed by atoms with Gasteiger partial charge in [-0.15, -0.1) is 11.3 Å². The molecule has 0 bridgehead atoms. The average molecular weight is 286 g/mol. The molecular weight excluding hydrogens is 274 g/mol. The summed E-state index contributed by atoms with van der Waals surface area (Å²) in [5, 5.41) is 12.4. The zero-order valence-electron chi connectivity index (χ0n) is 9.43. The van der Waals surface area contributed by atoms with E-state index in [1.807, 2.05) is 0 Å². The van der Waals surface area contributed by atoms with Crippen molar-refractivity contribution in [1.82, 2.24) is 5.32 Å². The van der Waals surface area contributed by atoms with Crippen molar-refractivity contribution >= 4 is 28.8 Å². The zero-order chi connectivity index (χ0) is 13.0. The monoisotopic (exact) mass is 285 g/mol. The van der Waals surface area contributed by atoms with E-state index >= 15 is 0 Å². The van der Waals surface area contributed by atoms with Crippen molar-refractivity contribution in [3.05, 3.63) is 45.5 Å². The minimum absolute atomic E-state index is 0.182. The maximum Gasteiger partial charge on any atom is 0.261 e. The Bertz CT molecular complexity index is 509. The molecule has 0 aromatic carbocycles. The van der Waals surface area contributed by atoms with Crippen LogP contribution in [-0.4, -0.2) is 17.6 Å². The highest BCUT2D eigenvalue weighted by Crippen LogP contribution is 2.21. The average Bonchev–Trinajstić information content (AvgIpc) is 2.99. The lowest BCUT2D eigenvalue weighted by atomic mass is 10.2. The predicted octanol–water partition coefficient (Wildman–Crippen LogP) is 2.85. The smallest absolute Gasteiger partial charge is 0.261 e. The molecule has 2 aromatic rings. The second-order valence-electron chi connectivity index (χ2n) is 3.68. The Morgan fingerprint density at radius 1 is 1.50 bits per heavy atom. The van der Waals surface area contributed by atoms with E-state index in [0.717, 1.165) is 0 Å². The fraction of sp³-hybridized carbons (Fsp3) is 0.250. The van der Waals surface area contributed by atoms with Crippen molar-refractivity contribution in [1.29, 1.82) is 0 Å². The number of aliphatic hydroxyl groups is 1. The molecule has 0 radical (unpaired) electrons. The maximum absolute atomic E-state index is 11.7. The molecule has 0 saturated heterocycles. The van der Waals surface area contributed by atoms with E-state index in [-0.39, 0.29) is 5.91 Å². The van der Waals surface area contributed by atoms with Gasteiger partial charge in [-0.2, -0.15) is 0 Å². The quantitative estimate of drug-likeness (QED) is 0.888. The predicted molar refractivity (Wildman–Crippen MR) is 69.9 cm³/mol. The van der Waals surface area contributed by atoms with Gasteiger partial charge in [0.2, 0.25) is 0 Å². The molecule has 6 heteroatoms. The molecule has 18 heavy (non-hydrogen) atoms. The summed E-state index contributed by atoms with van der Waals surface area (Å²) in [4.78, 5) is 12.2. The molecule has 1 amide bonds. The summed E-state index contributed by atoms with van der Waals surface area (Å²) < 4.78 is 5.64. The first kappa shape index (κ1) is 13.1. The number of hydrogen-bond donors (Lipinski definition) is 2. The Hall–Kier alpha value is -1.30. The Morgan fingerprint density at radius 3 is 2.94 bits per heavy atom. The summed E-state index contributed by atoms with van der Waals surface area (Å²) in [5.41, 5.74) is 0. The summed E-state index contributed by atoms with van der Waals surface area (Å²) in [6, 6.07) is 6.76. The molecule has 0 aliphatic heterocycles. The van der Waals surface area contributed by atoms with Crippen LogP contribution in [0.4, 0.5) is 0 Å². The zero-order valence-corrected chi connectivity index (χ0v) is 11.0. The molecular formula is C12H12ClNO3S. The molecule has 1 unspecified atom stereocenters. The second kappa shape index (κ2) is 6.04. The van der Waals surface area contributed by atoms with Gasteiger partial charge in [0.15, 0.2) is 0 Å². The van der Waals surface area contributed by atoms with Gasteiger partial charge in [0.05, 0.1) is 15.5 Å². The maximum atomic E-state index is 11.7. The van der Waals surface area contributed by atoms with Gasteiger partial charge in [-0.1, -0.05) is 11.6 Å². The fourth-order valence-electron chi connectivity index (χ4n) is 1.47. The Morgan fingerprint density at radius 2 is 2.33 bits per heavy atom. The SMILES string of the molecule is O=C(NCCC(O)c1ccco1)c1ccc(Cl)s1. The molecule has 0 aliphatic carbocycles. The standard InChI is InChI=1S/C12H12ClNO3S/c13-11-4-3-10(18-11)12(16)14-6-5-8(15)9-2-1-7-17-9/h1-4,7-8,15H,5-6H2,(H,14,16). The molecule has 0 aliphatic rings. The minimum Gasteiger partial charge on any atom is -0.467 e. The van der Waals surface area contributed by atoms with Gasteiger partial charge in [0.1, 0.15) is 11.9 Å². The van der Waals surface area contributed by atoms with Crippen LogP contribution < -0.4 is 5.32 Å². The number of rotatable bonds is 5. The summed E-state index contributed by atoms with van der Waals surface area (Å²) >= 11 is 6.97. The molecule has 96 valence electrons. The van der Waals surface area contributed by atoms with E-state index in [1.54, 1.807) is 24.3 Å². The Kier molecular flexibility index (Phi) is 4.41. The largest absolute Gasteiger partial charge is 0.467 e. The van der Waals surface area contributed by atoms with Crippen molar-refractivity contribution in [2.75, 3.05) is 6.54 Å². The van der Waals surface area contributed by atoms with Gasteiger partial charge < -0.3 is 14.8 Å². The van der Waals surface area contributed by atoms with Crippen LogP contribution >= 0.6 is 22.9 Å². The van der Waals surface area contributed by atoms with E-state index in [1.165, 1.54) is 17.6 Å². The van der Waals surface area contributed by atoms with Gasteiger partial charge in [0, 0.05) is 6.54 Å². The number of amides is 1. The Labute approximate surface area is 113 Å². The molecule has 2 rings (SSSR count). The third-order valence-corrected chi connectivity index (χ3v) is 3.60. The van der Waals surface area contributed by atoms with Crippen molar-refractivity contribution in [3.8, 4) is 0 Å². The molecule has 0 saturated carbocycles. The van der Waals surface area contributed by atoms with Gasteiger partial charge in [-0.25, -0.2) is 0 Å². The van der Waals surface area contributed by atoms with Gasteiger partial charge >= 0.3 is 0 Å². The van der Waals surface area contributed by atoms with E-state index in [4.69, 9.17) is 16.0 Å².